The molecule has 134 valence electrons. The largest absolute Gasteiger partial charge is 0.273 e. The second-order valence-electron chi connectivity index (χ2n) is 6.03. The number of benzene rings is 2. The molecule has 0 saturated carbocycles. The van der Waals surface area contributed by atoms with Gasteiger partial charge in [0, 0.05) is 5.69 Å². The number of carbonyl (C=O) groups is 1. The van der Waals surface area contributed by atoms with Gasteiger partial charge in [0.2, 0.25) is 10.2 Å². The van der Waals surface area contributed by atoms with Crippen LogP contribution in [0, 0.1) is 0 Å². The third kappa shape index (κ3) is 2.77. The summed E-state index contributed by atoms with van der Waals surface area (Å²) >= 11 is 4.93. The molecule has 1 atom stereocenters. The molecule has 1 fully saturated rings. The molecule has 0 bridgehead atoms. The Bertz CT molecular complexity index is 992. The maximum absolute atomic E-state index is 12.9. The molecule has 0 unspecified atom stereocenters. The second-order valence-corrected chi connectivity index (χ2v) is 9.55. The number of hydrogen-bond donors (Lipinski definition) is 0. The van der Waals surface area contributed by atoms with Gasteiger partial charge in [-0.15, -0.1) is 11.3 Å². The van der Waals surface area contributed by atoms with Crippen LogP contribution in [0.3, 0.4) is 0 Å². The van der Waals surface area contributed by atoms with Crippen molar-refractivity contribution in [3.63, 3.8) is 0 Å². The lowest BCUT2D eigenvalue weighted by Crippen LogP contribution is -2.51. The van der Waals surface area contributed by atoms with Gasteiger partial charge in [-0.2, -0.15) is 5.10 Å². The molecule has 4 nitrogen and oxygen atoms in total. The van der Waals surface area contributed by atoms with E-state index in [1.807, 2.05) is 76.6 Å². The van der Waals surface area contributed by atoms with E-state index in [2.05, 4.69) is 11.4 Å². The summed E-state index contributed by atoms with van der Waals surface area (Å²) in [6, 6.07) is 24.0. The third-order valence-electron chi connectivity index (χ3n) is 4.35. The van der Waals surface area contributed by atoms with Crippen molar-refractivity contribution in [2.75, 3.05) is 15.7 Å². The average molecular weight is 410 g/mol. The molecular weight excluding hydrogens is 394 g/mol. The Labute approximate surface area is 169 Å². The van der Waals surface area contributed by atoms with Crippen LogP contribution in [-0.2, 0) is 4.79 Å². The van der Waals surface area contributed by atoms with Gasteiger partial charge in [0.25, 0.3) is 0 Å². The Kier molecular flexibility index (Phi) is 4.22. The first-order valence-electron chi connectivity index (χ1n) is 8.47. The number of thiophene rings is 1. The van der Waals surface area contributed by atoms with Crippen LogP contribution < -0.4 is 9.91 Å². The molecule has 7 heteroatoms. The highest BCUT2D eigenvalue weighted by Crippen LogP contribution is 2.56. The van der Waals surface area contributed by atoms with E-state index in [4.69, 9.17) is 5.10 Å². The number of nitrogens with zero attached hydrogens (tertiary/aromatic N) is 3. The number of anilines is 2. The first-order valence-corrected chi connectivity index (χ1v) is 11.1. The minimum absolute atomic E-state index is 0.0993. The second kappa shape index (κ2) is 6.74. The summed E-state index contributed by atoms with van der Waals surface area (Å²) in [5.74, 6) is 0.528. The number of para-hydroxylation sites is 2. The van der Waals surface area contributed by atoms with Crippen molar-refractivity contribution in [2.24, 2.45) is 5.10 Å². The van der Waals surface area contributed by atoms with E-state index in [1.54, 1.807) is 34.9 Å². The SMILES string of the molecule is O=C1CS[C@]2(SC(c3cccs3)=NN2c2ccccc2)N1c1ccccc1. The van der Waals surface area contributed by atoms with Gasteiger partial charge >= 0.3 is 0 Å². The third-order valence-corrected chi connectivity index (χ3v) is 8.20. The normalized spacial score (nSPS) is 21.9. The maximum atomic E-state index is 12.9. The molecule has 1 saturated heterocycles. The van der Waals surface area contributed by atoms with Crippen molar-refractivity contribution in [3.8, 4) is 0 Å². The molecule has 1 aromatic heterocycles. The predicted molar refractivity (Wildman–Crippen MR) is 116 cm³/mol. The first kappa shape index (κ1) is 16.9. The maximum Gasteiger partial charge on any atom is 0.243 e. The highest BCUT2D eigenvalue weighted by atomic mass is 32.2. The Morgan fingerprint density at radius 2 is 1.59 bits per heavy atom. The number of hydrogen-bond acceptors (Lipinski definition) is 6. The van der Waals surface area contributed by atoms with E-state index >= 15 is 0 Å². The van der Waals surface area contributed by atoms with Gasteiger partial charge in [0.05, 0.1) is 16.3 Å². The highest BCUT2D eigenvalue weighted by Gasteiger charge is 2.57. The zero-order chi connectivity index (χ0) is 18.3. The van der Waals surface area contributed by atoms with Gasteiger partial charge < -0.3 is 0 Å². The van der Waals surface area contributed by atoms with Crippen LogP contribution in [0.4, 0.5) is 11.4 Å². The quantitative estimate of drug-likeness (QED) is 0.606. The van der Waals surface area contributed by atoms with Gasteiger partial charge in [0.15, 0.2) is 0 Å². The number of thioether (sulfide) groups is 2. The molecule has 2 aromatic carbocycles. The Morgan fingerprint density at radius 3 is 2.26 bits per heavy atom. The lowest BCUT2D eigenvalue weighted by atomic mass is 10.3. The van der Waals surface area contributed by atoms with Gasteiger partial charge in [-0.1, -0.05) is 54.2 Å². The van der Waals surface area contributed by atoms with Crippen molar-refractivity contribution in [3.05, 3.63) is 83.1 Å². The molecule has 1 amide bonds. The fraction of sp³-hybridized carbons (Fsp3) is 0.100. The molecule has 2 aliphatic heterocycles. The lowest BCUT2D eigenvalue weighted by Gasteiger charge is -2.39. The molecular formula is C20H15N3OS3. The van der Waals surface area contributed by atoms with E-state index in [9.17, 15) is 4.79 Å². The van der Waals surface area contributed by atoms with E-state index in [1.165, 1.54) is 0 Å². The number of hydrazone groups is 1. The molecule has 0 radical (unpaired) electrons. The fourth-order valence-corrected chi connectivity index (χ4v) is 6.83. The Hall–Kier alpha value is -2.22. The molecule has 3 aromatic rings. The predicted octanol–water partition coefficient (Wildman–Crippen LogP) is 5.05. The molecule has 27 heavy (non-hydrogen) atoms. The smallest absolute Gasteiger partial charge is 0.243 e. The average Bonchev–Trinajstić information content (AvgIpc) is 3.43. The minimum Gasteiger partial charge on any atom is -0.273 e. The Morgan fingerprint density at radius 1 is 0.889 bits per heavy atom. The monoisotopic (exact) mass is 409 g/mol. The van der Waals surface area contributed by atoms with Crippen molar-refractivity contribution in [1.29, 1.82) is 0 Å². The van der Waals surface area contributed by atoms with Crippen LogP contribution >= 0.6 is 34.9 Å². The van der Waals surface area contributed by atoms with Crippen molar-refractivity contribution in [2.45, 2.75) is 4.33 Å². The fourth-order valence-electron chi connectivity index (χ4n) is 3.19. The zero-order valence-corrected chi connectivity index (χ0v) is 16.6. The summed E-state index contributed by atoms with van der Waals surface area (Å²) < 4.78 is -0.654. The Balaban J connectivity index is 1.66. The van der Waals surface area contributed by atoms with Crippen LogP contribution in [0.5, 0.6) is 0 Å². The van der Waals surface area contributed by atoms with Gasteiger partial charge in [0.1, 0.15) is 5.04 Å². The van der Waals surface area contributed by atoms with Crippen molar-refractivity contribution < 1.29 is 4.79 Å². The molecule has 5 rings (SSSR count). The van der Waals surface area contributed by atoms with Gasteiger partial charge in [-0.05, 0) is 47.5 Å². The highest BCUT2D eigenvalue weighted by molar-refractivity contribution is 8.27. The van der Waals surface area contributed by atoms with Crippen LogP contribution in [0.1, 0.15) is 4.88 Å². The van der Waals surface area contributed by atoms with Crippen LogP contribution in [-0.4, -0.2) is 21.0 Å². The van der Waals surface area contributed by atoms with Gasteiger partial charge in [-0.25, -0.2) is 5.01 Å². The topological polar surface area (TPSA) is 35.9 Å². The molecule has 2 aliphatic rings. The van der Waals surface area contributed by atoms with Crippen LogP contribution in [0.2, 0.25) is 0 Å². The van der Waals surface area contributed by atoms with Gasteiger partial charge in [-0.3, -0.25) is 9.69 Å². The van der Waals surface area contributed by atoms with Crippen molar-refractivity contribution >= 4 is 57.2 Å². The zero-order valence-electron chi connectivity index (χ0n) is 14.2. The molecule has 3 heterocycles. The summed E-state index contributed by atoms with van der Waals surface area (Å²) in [5.41, 5.74) is 1.86. The van der Waals surface area contributed by atoms with E-state index in [0.29, 0.717) is 5.75 Å². The summed E-state index contributed by atoms with van der Waals surface area (Å²) in [5, 5.41) is 9.95. The van der Waals surface area contributed by atoms with Crippen LogP contribution in [0.25, 0.3) is 0 Å². The summed E-state index contributed by atoms with van der Waals surface area (Å²) in [4.78, 5) is 15.9. The van der Waals surface area contributed by atoms with Crippen molar-refractivity contribution in [1.82, 2.24) is 0 Å². The number of amides is 1. The standard InChI is InChI=1S/C20H15N3OS3/c24-18-14-26-20(22(18)15-8-3-1-4-9-15)23(16-10-5-2-6-11-16)21-19(27-20)17-12-7-13-25-17/h1-13H,14H2/t20-/m0/s1. The van der Waals surface area contributed by atoms with Crippen LogP contribution in [0.15, 0.2) is 83.3 Å². The lowest BCUT2D eigenvalue weighted by molar-refractivity contribution is -0.115. The van der Waals surface area contributed by atoms with E-state index < -0.39 is 4.33 Å². The summed E-state index contributed by atoms with van der Waals surface area (Å²) in [6.45, 7) is 0. The first-order chi connectivity index (χ1) is 13.3. The minimum atomic E-state index is -0.654. The molecule has 1 spiro atoms. The van der Waals surface area contributed by atoms with E-state index in [-0.39, 0.29) is 5.91 Å². The summed E-state index contributed by atoms with van der Waals surface area (Å²) in [6.07, 6.45) is 0. The number of carbonyl (C=O) groups excluding carboxylic acids is 1. The number of rotatable bonds is 3. The van der Waals surface area contributed by atoms with E-state index in [0.717, 1.165) is 21.3 Å². The molecule has 0 N–H and O–H groups in total. The summed E-state index contributed by atoms with van der Waals surface area (Å²) in [7, 11) is 0. The molecule has 0 aliphatic carbocycles.